The minimum Gasteiger partial charge on any atom is -0.496 e. The summed E-state index contributed by atoms with van der Waals surface area (Å²) < 4.78 is 10.8. The van der Waals surface area contributed by atoms with Crippen molar-refractivity contribution in [2.24, 2.45) is 5.41 Å². The number of nitrogens with one attached hydrogen (secondary N) is 2. The molecule has 4 rings (SSSR count). The number of hydrogen-bond donors (Lipinski definition) is 2. The van der Waals surface area contributed by atoms with Crippen LogP contribution in [0.15, 0.2) is 30.3 Å². The molecular formula is C19H23N3O3. The van der Waals surface area contributed by atoms with Crippen molar-refractivity contribution in [3.05, 3.63) is 36.0 Å². The molecule has 132 valence electrons. The number of methoxy groups -OCH3 is 1. The number of nitrogens with zero attached hydrogens (tertiary/aromatic N) is 1. The third kappa shape index (κ3) is 2.91. The van der Waals surface area contributed by atoms with Crippen molar-refractivity contribution in [3.63, 3.8) is 0 Å². The van der Waals surface area contributed by atoms with Crippen LogP contribution in [0.1, 0.15) is 36.2 Å². The number of aromatic nitrogens is 2. The molecule has 1 atom stereocenters. The fourth-order valence-electron chi connectivity index (χ4n) is 3.97. The summed E-state index contributed by atoms with van der Waals surface area (Å²) in [5.74, 6) is 0.644. The van der Waals surface area contributed by atoms with Crippen LogP contribution in [0.25, 0.3) is 11.3 Å². The normalized spacial score (nSPS) is 21.6. The molecule has 25 heavy (non-hydrogen) atoms. The van der Waals surface area contributed by atoms with Gasteiger partial charge >= 0.3 is 0 Å². The number of H-pyrrole nitrogens is 1. The highest BCUT2D eigenvalue weighted by atomic mass is 16.5. The second-order valence-electron chi connectivity index (χ2n) is 6.91. The number of benzene rings is 1. The summed E-state index contributed by atoms with van der Waals surface area (Å²) in [6.07, 6.45) is 4.29. The van der Waals surface area contributed by atoms with Crippen LogP contribution >= 0.6 is 0 Å². The topological polar surface area (TPSA) is 76.2 Å². The second-order valence-corrected chi connectivity index (χ2v) is 6.91. The van der Waals surface area contributed by atoms with Crippen LogP contribution in [0.5, 0.6) is 5.75 Å². The first-order valence-electron chi connectivity index (χ1n) is 8.79. The van der Waals surface area contributed by atoms with Gasteiger partial charge in [0.25, 0.3) is 5.91 Å². The zero-order valence-electron chi connectivity index (χ0n) is 14.4. The molecule has 0 radical (unpaired) electrons. The van der Waals surface area contributed by atoms with E-state index in [9.17, 15) is 4.79 Å². The minimum absolute atomic E-state index is 0.0933. The predicted octanol–water partition coefficient (Wildman–Crippen LogP) is 2.77. The molecule has 6 nitrogen and oxygen atoms in total. The molecule has 1 unspecified atom stereocenters. The number of amides is 1. The lowest BCUT2D eigenvalue weighted by Gasteiger charge is -2.52. The maximum Gasteiger partial charge on any atom is 0.269 e. The molecule has 2 N–H and O–H groups in total. The number of ether oxygens (including phenoxy) is 2. The zero-order valence-corrected chi connectivity index (χ0v) is 14.4. The van der Waals surface area contributed by atoms with Crippen molar-refractivity contribution < 1.29 is 14.3 Å². The van der Waals surface area contributed by atoms with E-state index in [0.717, 1.165) is 43.8 Å². The second kappa shape index (κ2) is 6.52. The maximum absolute atomic E-state index is 12.6. The first-order valence-corrected chi connectivity index (χ1v) is 8.79. The molecule has 2 fully saturated rings. The monoisotopic (exact) mass is 341 g/mol. The summed E-state index contributed by atoms with van der Waals surface area (Å²) in [5, 5.41) is 10.3. The van der Waals surface area contributed by atoms with E-state index in [0.29, 0.717) is 11.4 Å². The lowest BCUT2D eigenvalue weighted by molar-refractivity contribution is -0.0523. The number of hydrogen-bond acceptors (Lipinski definition) is 4. The Bertz CT molecular complexity index is 765. The number of aromatic amines is 1. The highest BCUT2D eigenvalue weighted by molar-refractivity contribution is 5.93. The summed E-state index contributed by atoms with van der Waals surface area (Å²) in [6.45, 7) is 1.60. The van der Waals surface area contributed by atoms with E-state index >= 15 is 0 Å². The molecule has 1 saturated carbocycles. The Hall–Kier alpha value is -2.34. The molecule has 1 amide bonds. The summed E-state index contributed by atoms with van der Waals surface area (Å²) in [6, 6.07) is 9.67. The maximum atomic E-state index is 12.6. The standard InChI is InChI=1S/C19H23N3O3/c1-24-16-5-3-2-4-13(16)14-12-15(22-21-14)18(23)20-17-6-7-19(17)8-10-25-11-9-19/h2-5,12,17H,6-11H2,1H3,(H,20,23)(H,21,22). The Balaban J connectivity index is 1.48. The van der Waals surface area contributed by atoms with Crippen LogP contribution in [-0.4, -0.2) is 42.5 Å². The van der Waals surface area contributed by atoms with Crippen LogP contribution in [0, 0.1) is 5.41 Å². The van der Waals surface area contributed by atoms with Crippen LogP contribution in [0.4, 0.5) is 0 Å². The molecule has 1 aromatic carbocycles. The summed E-state index contributed by atoms with van der Waals surface area (Å²) in [7, 11) is 1.63. The molecule has 1 aliphatic heterocycles. The van der Waals surface area contributed by atoms with Crippen molar-refractivity contribution >= 4 is 5.91 Å². The number of rotatable bonds is 4. The van der Waals surface area contributed by atoms with Gasteiger partial charge < -0.3 is 14.8 Å². The van der Waals surface area contributed by atoms with Gasteiger partial charge in [0.05, 0.1) is 12.8 Å². The fraction of sp³-hybridized carbons (Fsp3) is 0.474. The van der Waals surface area contributed by atoms with E-state index in [1.807, 2.05) is 24.3 Å². The molecule has 2 aliphatic rings. The Kier molecular flexibility index (Phi) is 4.21. The molecule has 1 saturated heterocycles. The number of carbonyl (C=O) groups excluding carboxylic acids is 1. The van der Waals surface area contributed by atoms with Gasteiger partial charge in [0, 0.05) is 24.8 Å². The number of carbonyl (C=O) groups is 1. The van der Waals surface area contributed by atoms with Crippen molar-refractivity contribution in [1.29, 1.82) is 0 Å². The van der Waals surface area contributed by atoms with E-state index in [1.54, 1.807) is 13.2 Å². The lowest BCUT2D eigenvalue weighted by atomic mass is 9.60. The van der Waals surface area contributed by atoms with Gasteiger partial charge in [0.1, 0.15) is 11.4 Å². The van der Waals surface area contributed by atoms with Gasteiger partial charge in [-0.15, -0.1) is 0 Å². The quantitative estimate of drug-likeness (QED) is 0.896. The van der Waals surface area contributed by atoms with E-state index in [4.69, 9.17) is 9.47 Å². The molecule has 6 heteroatoms. The molecule has 1 spiro atoms. The van der Waals surface area contributed by atoms with E-state index in [-0.39, 0.29) is 17.4 Å². The van der Waals surface area contributed by atoms with Gasteiger partial charge in [-0.2, -0.15) is 5.10 Å². The van der Waals surface area contributed by atoms with Crippen LogP contribution in [0.2, 0.25) is 0 Å². The Labute approximate surface area is 146 Å². The first-order chi connectivity index (χ1) is 12.2. The average Bonchev–Trinajstić information content (AvgIpc) is 3.16. The Morgan fingerprint density at radius 1 is 1.32 bits per heavy atom. The van der Waals surface area contributed by atoms with E-state index < -0.39 is 0 Å². The fourth-order valence-corrected chi connectivity index (χ4v) is 3.97. The summed E-state index contributed by atoms with van der Waals surface area (Å²) in [4.78, 5) is 12.6. The van der Waals surface area contributed by atoms with Crippen molar-refractivity contribution in [1.82, 2.24) is 15.5 Å². The Morgan fingerprint density at radius 2 is 2.12 bits per heavy atom. The zero-order chi connectivity index (χ0) is 17.3. The molecule has 2 aromatic rings. The minimum atomic E-state index is -0.0933. The van der Waals surface area contributed by atoms with Gasteiger partial charge in [-0.05, 0) is 49.3 Å². The van der Waals surface area contributed by atoms with Gasteiger partial charge in [0.2, 0.25) is 0 Å². The van der Waals surface area contributed by atoms with Crippen LogP contribution < -0.4 is 10.1 Å². The molecule has 0 bridgehead atoms. The third-order valence-corrected chi connectivity index (χ3v) is 5.67. The van der Waals surface area contributed by atoms with Gasteiger partial charge in [-0.25, -0.2) is 0 Å². The molecule has 1 aliphatic carbocycles. The molecule has 1 aromatic heterocycles. The van der Waals surface area contributed by atoms with Crippen molar-refractivity contribution in [2.75, 3.05) is 20.3 Å². The van der Waals surface area contributed by atoms with Gasteiger partial charge in [0.15, 0.2) is 0 Å². The Morgan fingerprint density at radius 3 is 2.84 bits per heavy atom. The summed E-state index contributed by atoms with van der Waals surface area (Å²) >= 11 is 0. The average molecular weight is 341 g/mol. The van der Waals surface area contributed by atoms with Crippen LogP contribution in [0.3, 0.4) is 0 Å². The van der Waals surface area contributed by atoms with Crippen molar-refractivity contribution in [3.8, 4) is 17.0 Å². The van der Waals surface area contributed by atoms with E-state index in [2.05, 4.69) is 15.5 Å². The highest BCUT2D eigenvalue weighted by Gasteiger charge is 2.48. The van der Waals surface area contributed by atoms with Gasteiger partial charge in [-0.3, -0.25) is 9.89 Å². The highest BCUT2D eigenvalue weighted by Crippen LogP contribution is 2.48. The first kappa shape index (κ1) is 16.1. The van der Waals surface area contributed by atoms with E-state index in [1.165, 1.54) is 6.42 Å². The van der Waals surface area contributed by atoms with Crippen molar-refractivity contribution in [2.45, 2.75) is 31.7 Å². The van der Waals surface area contributed by atoms with Gasteiger partial charge in [-0.1, -0.05) is 12.1 Å². The lowest BCUT2D eigenvalue weighted by Crippen LogP contribution is -2.57. The third-order valence-electron chi connectivity index (χ3n) is 5.67. The largest absolute Gasteiger partial charge is 0.496 e. The SMILES string of the molecule is COc1ccccc1-c1cc(C(=O)NC2CCC23CCOCC3)[nH]n1. The number of para-hydroxylation sites is 1. The molecular weight excluding hydrogens is 318 g/mol. The summed E-state index contributed by atoms with van der Waals surface area (Å²) in [5.41, 5.74) is 2.29. The smallest absolute Gasteiger partial charge is 0.269 e. The molecule has 2 heterocycles. The van der Waals surface area contributed by atoms with Crippen LogP contribution in [-0.2, 0) is 4.74 Å². The predicted molar refractivity (Wildman–Crippen MR) is 93.5 cm³/mol.